The molecule has 0 fully saturated rings. The number of aliphatic imine (C=N–C) groups is 1. The second kappa shape index (κ2) is 15.1. The molecule has 27 heavy (non-hydrogen) atoms. The summed E-state index contributed by atoms with van der Waals surface area (Å²) in [4.78, 5) is 39.7. The summed E-state index contributed by atoms with van der Waals surface area (Å²) in [6.07, 6.45) is 4.29. The summed E-state index contributed by atoms with van der Waals surface area (Å²) in [7, 11) is 0. The fourth-order valence-electron chi connectivity index (χ4n) is 1.36. The number of imidazole rings is 1. The third-order valence-corrected chi connectivity index (χ3v) is 2.60. The van der Waals surface area contributed by atoms with Gasteiger partial charge in [0.05, 0.1) is 6.33 Å². The average molecular weight is 389 g/mol. The number of carboxylic acid groups (broad SMARTS) is 3. The Labute approximate surface area is 155 Å². The number of aromatic nitrogens is 2. The highest BCUT2D eigenvalue weighted by molar-refractivity contribution is 5.75. The SMILES string of the molecule is CC(=O)O.NC(N)=NCCC[C@H](N)C(=O)O.N[C@@H](Cc1cnc[nH]1)C(=O)O. The second-order valence-corrected chi connectivity index (χ2v) is 5.14. The van der Waals surface area contributed by atoms with E-state index < -0.39 is 30.0 Å². The zero-order valence-electron chi connectivity index (χ0n) is 14.9. The minimum atomic E-state index is -1.00. The molecule has 0 aromatic carbocycles. The zero-order chi connectivity index (χ0) is 21.4. The molecular formula is C14H27N7O6. The maximum Gasteiger partial charge on any atom is 0.320 e. The van der Waals surface area contributed by atoms with Crippen LogP contribution in [0.5, 0.6) is 0 Å². The number of nitrogens with one attached hydrogen (secondary N) is 1. The van der Waals surface area contributed by atoms with Crippen LogP contribution >= 0.6 is 0 Å². The molecule has 12 N–H and O–H groups in total. The molecule has 0 saturated heterocycles. The molecule has 1 rings (SSSR count). The lowest BCUT2D eigenvalue weighted by molar-refractivity contribution is -0.139. The number of aromatic amines is 1. The van der Waals surface area contributed by atoms with Gasteiger partial charge in [-0.05, 0) is 12.8 Å². The van der Waals surface area contributed by atoms with E-state index in [1.54, 1.807) is 6.20 Å². The number of guanidine groups is 1. The third kappa shape index (κ3) is 19.0. The fourth-order valence-corrected chi connectivity index (χ4v) is 1.36. The number of rotatable bonds is 8. The van der Waals surface area contributed by atoms with Gasteiger partial charge in [-0.1, -0.05) is 0 Å². The van der Waals surface area contributed by atoms with E-state index in [9.17, 15) is 9.59 Å². The normalized spacial score (nSPS) is 11.5. The molecule has 2 atom stereocenters. The van der Waals surface area contributed by atoms with Gasteiger partial charge in [0.1, 0.15) is 12.1 Å². The largest absolute Gasteiger partial charge is 0.481 e. The van der Waals surface area contributed by atoms with E-state index in [4.69, 9.17) is 43.0 Å². The maximum absolute atomic E-state index is 10.3. The Balaban J connectivity index is 0. The van der Waals surface area contributed by atoms with Crippen molar-refractivity contribution in [2.75, 3.05) is 6.54 Å². The van der Waals surface area contributed by atoms with Crippen LogP contribution in [0.2, 0.25) is 0 Å². The minimum absolute atomic E-state index is 0.0129. The number of carboxylic acids is 3. The summed E-state index contributed by atoms with van der Waals surface area (Å²) in [6.45, 7) is 1.50. The smallest absolute Gasteiger partial charge is 0.320 e. The van der Waals surface area contributed by atoms with Crippen LogP contribution in [0.1, 0.15) is 25.5 Å². The summed E-state index contributed by atoms with van der Waals surface area (Å²) in [6, 6.07) is -1.67. The Morgan fingerprint density at radius 2 is 1.67 bits per heavy atom. The Kier molecular flexibility index (Phi) is 14.6. The van der Waals surface area contributed by atoms with Crippen molar-refractivity contribution in [2.24, 2.45) is 27.9 Å². The molecule has 0 spiro atoms. The van der Waals surface area contributed by atoms with E-state index in [2.05, 4.69) is 15.0 Å². The Bertz CT molecular complexity index is 583. The van der Waals surface area contributed by atoms with Gasteiger partial charge >= 0.3 is 11.9 Å². The summed E-state index contributed by atoms with van der Waals surface area (Å²) in [5.74, 6) is -2.82. The van der Waals surface area contributed by atoms with Crippen LogP contribution in [0.25, 0.3) is 0 Å². The second-order valence-electron chi connectivity index (χ2n) is 5.14. The number of carbonyl (C=O) groups is 3. The first-order valence-corrected chi connectivity index (χ1v) is 7.66. The lowest BCUT2D eigenvalue weighted by Crippen LogP contribution is -2.32. The first kappa shape index (κ1) is 26.0. The number of hydrogen-bond donors (Lipinski definition) is 8. The highest BCUT2D eigenvalue weighted by Crippen LogP contribution is 1.95. The molecule has 0 saturated carbocycles. The highest BCUT2D eigenvalue weighted by atomic mass is 16.4. The van der Waals surface area contributed by atoms with Crippen LogP contribution in [0.3, 0.4) is 0 Å². The maximum atomic E-state index is 10.3. The predicted molar refractivity (Wildman–Crippen MR) is 96.7 cm³/mol. The molecule has 0 bridgehead atoms. The summed E-state index contributed by atoms with van der Waals surface area (Å²) in [5, 5.41) is 24.2. The van der Waals surface area contributed by atoms with Gasteiger partial charge in [0.25, 0.3) is 5.97 Å². The number of aliphatic carboxylic acids is 3. The number of nitrogens with zero attached hydrogens (tertiary/aromatic N) is 2. The molecule has 0 unspecified atom stereocenters. The van der Waals surface area contributed by atoms with Crippen molar-refractivity contribution in [1.29, 1.82) is 0 Å². The van der Waals surface area contributed by atoms with Gasteiger partial charge in [0.15, 0.2) is 5.96 Å². The summed E-state index contributed by atoms with van der Waals surface area (Å²) in [5.41, 5.74) is 21.3. The Hall–Kier alpha value is -3.19. The molecule has 0 aliphatic carbocycles. The average Bonchev–Trinajstić information content (AvgIpc) is 3.04. The number of nitrogens with two attached hydrogens (primary N) is 4. The number of H-pyrrole nitrogens is 1. The topological polar surface area (TPSA) is 257 Å². The number of hydrogen-bond acceptors (Lipinski definition) is 7. The lowest BCUT2D eigenvalue weighted by Gasteiger charge is -2.03. The minimum Gasteiger partial charge on any atom is -0.481 e. The van der Waals surface area contributed by atoms with E-state index in [0.29, 0.717) is 19.4 Å². The first-order chi connectivity index (χ1) is 12.5. The molecule has 1 aromatic heterocycles. The zero-order valence-corrected chi connectivity index (χ0v) is 14.9. The van der Waals surface area contributed by atoms with Gasteiger partial charge in [0.2, 0.25) is 0 Å². The van der Waals surface area contributed by atoms with Crippen LogP contribution in [-0.2, 0) is 20.8 Å². The van der Waals surface area contributed by atoms with Crippen molar-refractivity contribution in [3.63, 3.8) is 0 Å². The van der Waals surface area contributed by atoms with Crippen LogP contribution in [0, 0.1) is 0 Å². The van der Waals surface area contributed by atoms with Gasteiger partial charge in [-0.15, -0.1) is 0 Å². The molecule has 0 aliphatic rings. The molecule has 0 aliphatic heterocycles. The molecule has 1 heterocycles. The predicted octanol–water partition coefficient (Wildman–Crippen LogP) is -2.09. The third-order valence-electron chi connectivity index (χ3n) is 2.60. The van der Waals surface area contributed by atoms with Crippen molar-refractivity contribution in [1.82, 2.24) is 9.97 Å². The summed E-state index contributed by atoms with van der Waals surface area (Å²) >= 11 is 0. The molecular weight excluding hydrogens is 362 g/mol. The van der Waals surface area contributed by atoms with Crippen molar-refractivity contribution >= 4 is 23.9 Å². The fraction of sp³-hybridized carbons (Fsp3) is 0.500. The van der Waals surface area contributed by atoms with Gasteiger partial charge in [0, 0.05) is 31.8 Å². The van der Waals surface area contributed by atoms with Crippen LogP contribution < -0.4 is 22.9 Å². The summed E-state index contributed by atoms with van der Waals surface area (Å²) < 4.78 is 0. The van der Waals surface area contributed by atoms with Crippen molar-refractivity contribution in [3.8, 4) is 0 Å². The van der Waals surface area contributed by atoms with E-state index in [0.717, 1.165) is 12.6 Å². The van der Waals surface area contributed by atoms with Gasteiger partial charge < -0.3 is 43.2 Å². The molecule has 13 nitrogen and oxygen atoms in total. The monoisotopic (exact) mass is 389 g/mol. The van der Waals surface area contributed by atoms with Crippen molar-refractivity contribution in [2.45, 2.75) is 38.3 Å². The van der Waals surface area contributed by atoms with Crippen LogP contribution in [0.4, 0.5) is 0 Å². The quantitative estimate of drug-likeness (QED) is 0.136. The molecule has 13 heteroatoms. The lowest BCUT2D eigenvalue weighted by atomic mass is 10.2. The van der Waals surface area contributed by atoms with E-state index in [1.807, 2.05) is 0 Å². The van der Waals surface area contributed by atoms with Crippen LogP contribution in [-0.4, -0.2) is 67.8 Å². The molecule has 0 radical (unpaired) electrons. The highest BCUT2D eigenvalue weighted by Gasteiger charge is 2.12. The van der Waals surface area contributed by atoms with Crippen molar-refractivity contribution < 1.29 is 29.7 Å². The Morgan fingerprint density at radius 3 is 2.04 bits per heavy atom. The van der Waals surface area contributed by atoms with Gasteiger partial charge in [-0.3, -0.25) is 19.4 Å². The van der Waals surface area contributed by atoms with Crippen molar-refractivity contribution in [3.05, 3.63) is 18.2 Å². The van der Waals surface area contributed by atoms with E-state index >= 15 is 0 Å². The van der Waals surface area contributed by atoms with Gasteiger partial charge in [-0.2, -0.15) is 0 Å². The van der Waals surface area contributed by atoms with E-state index in [-0.39, 0.29) is 12.4 Å². The molecule has 1 aromatic rings. The van der Waals surface area contributed by atoms with E-state index in [1.165, 1.54) is 6.33 Å². The standard InChI is InChI=1S/C6H14N4O2.C6H9N3O2.C2H4O2/c7-4(5(11)12)2-1-3-10-6(8)9;7-5(6(10)11)1-4-2-8-3-9-4;1-2(3)4/h4H,1-3,7H2,(H,11,12)(H4,8,9,10);2-3,5H,1,7H2,(H,8,9)(H,10,11);1H3,(H,3,4)/t4-;5-;/m00./s1. The Morgan fingerprint density at radius 1 is 1.15 bits per heavy atom. The first-order valence-electron chi connectivity index (χ1n) is 7.66. The van der Waals surface area contributed by atoms with Gasteiger partial charge in [-0.25, -0.2) is 4.98 Å². The van der Waals surface area contributed by atoms with Crippen LogP contribution in [0.15, 0.2) is 17.5 Å². The molecule has 0 amide bonds. The molecule has 154 valence electrons.